The zero-order chi connectivity index (χ0) is 30.5. The van der Waals surface area contributed by atoms with Crippen molar-refractivity contribution in [2.75, 3.05) is 49.1 Å². The van der Waals surface area contributed by atoms with E-state index in [0.717, 1.165) is 43.4 Å². The van der Waals surface area contributed by atoms with Gasteiger partial charge in [0.05, 0.1) is 12.2 Å². The summed E-state index contributed by atoms with van der Waals surface area (Å²) in [6.45, 7) is 5.02. The Labute approximate surface area is 261 Å². The van der Waals surface area contributed by atoms with Gasteiger partial charge in [0.25, 0.3) is 11.8 Å². The van der Waals surface area contributed by atoms with Gasteiger partial charge in [-0.15, -0.1) is 0 Å². The quantitative estimate of drug-likeness (QED) is 0.248. The minimum Gasteiger partial charge on any atom is -0.449 e. The van der Waals surface area contributed by atoms with Crippen molar-refractivity contribution < 1.29 is 18.7 Å². The van der Waals surface area contributed by atoms with Crippen LogP contribution in [0.1, 0.15) is 21.5 Å². The number of nitrogens with zero attached hydrogens (tertiary/aromatic N) is 3. The van der Waals surface area contributed by atoms with Gasteiger partial charge in [-0.3, -0.25) is 19.4 Å². The van der Waals surface area contributed by atoms with Gasteiger partial charge in [0, 0.05) is 61.1 Å². The molecule has 2 aliphatic heterocycles. The Morgan fingerprint density at radius 1 is 0.909 bits per heavy atom. The molecule has 9 heteroatoms. The first-order chi connectivity index (χ1) is 21.4. The lowest BCUT2D eigenvalue weighted by Gasteiger charge is -2.36. The molecule has 0 radical (unpaired) electrons. The molecule has 4 aromatic carbocycles. The Morgan fingerprint density at radius 3 is 2.43 bits per heavy atom. The van der Waals surface area contributed by atoms with Gasteiger partial charge in [0.1, 0.15) is 5.82 Å². The van der Waals surface area contributed by atoms with Crippen LogP contribution in [0.4, 0.5) is 15.8 Å². The molecular formula is C35H32ClFN4O3. The van der Waals surface area contributed by atoms with Crippen LogP contribution in [0.2, 0.25) is 5.02 Å². The first-order valence-corrected chi connectivity index (χ1v) is 15.0. The molecule has 0 spiro atoms. The molecule has 1 saturated heterocycles. The zero-order valence-electron chi connectivity index (χ0n) is 24.1. The van der Waals surface area contributed by atoms with Gasteiger partial charge in [-0.25, -0.2) is 4.39 Å². The Hall–Kier alpha value is -4.66. The average Bonchev–Trinajstić information content (AvgIpc) is 3.04. The normalized spacial score (nSPS) is 16.0. The van der Waals surface area contributed by atoms with Crippen molar-refractivity contribution in [1.82, 2.24) is 10.2 Å². The Bertz CT molecular complexity index is 1690. The number of benzene rings is 4. The van der Waals surface area contributed by atoms with Gasteiger partial charge in [-0.2, -0.15) is 0 Å². The largest absolute Gasteiger partial charge is 0.449 e. The molecule has 1 fully saturated rings. The van der Waals surface area contributed by atoms with Gasteiger partial charge >= 0.3 is 0 Å². The van der Waals surface area contributed by atoms with Crippen LogP contribution in [-0.4, -0.2) is 56.0 Å². The third-order valence-corrected chi connectivity index (χ3v) is 8.08. The third kappa shape index (κ3) is 6.77. The van der Waals surface area contributed by atoms with Gasteiger partial charge in [0.2, 0.25) is 0 Å². The number of anilines is 2. The number of amides is 2. The Kier molecular flexibility index (Phi) is 8.91. The first-order valence-electron chi connectivity index (χ1n) is 14.6. The number of para-hydroxylation sites is 2. The molecule has 0 unspecified atom stereocenters. The summed E-state index contributed by atoms with van der Waals surface area (Å²) in [7, 11) is 0. The summed E-state index contributed by atoms with van der Waals surface area (Å²) in [6.07, 6.45) is 1.64. The monoisotopic (exact) mass is 610 g/mol. The molecule has 44 heavy (non-hydrogen) atoms. The molecule has 0 saturated carbocycles. The first kappa shape index (κ1) is 29.4. The molecule has 0 aromatic heterocycles. The molecule has 4 aromatic rings. The Balaban J connectivity index is 1.04. The second-order valence-electron chi connectivity index (χ2n) is 10.7. The van der Waals surface area contributed by atoms with E-state index in [2.05, 4.69) is 21.2 Å². The van der Waals surface area contributed by atoms with Crippen molar-refractivity contribution in [1.29, 1.82) is 0 Å². The summed E-state index contributed by atoms with van der Waals surface area (Å²) >= 11 is 6.14. The highest BCUT2D eigenvalue weighted by atomic mass is 35.5. The van der Waals surface area contributed by atoms with Gasteiger partial charge in [-0.1, -0.05) is 60.1 Å². The van der Waals surface area contributed by atoms with E-state index in [4.69, 9.17) is 16.3 Å². The number of piperazine rings is 1. The van der Waals surface area contributed by atoms with Gasteiger partial charge in [0.15, 0.2) is 11.5 Å². The molecular weight excluding hydrogens is 579 g/mol. The molecule has 6 rings (SSSR count). The lowest BCUT2D eigenvalue weighted by molar-refractivity contribution is -0.117. The highest BCUT2D eigenvalue weighted by molar-refractivity contribution is 6.30. The van der Waals surface area contributed by atoms with Crippen LogP contribution < -0.4 is 19.9 Å². The van der Waals surface area contributed by atoms with E-state index < -0.39 is 0 Å². The molecule has 2 heterocycles. The number of hydrogen-bond acceptors (Lipinski definition) is 5. The molecule has 0 bridgehead atoms. The molecule has 224 valence electrons. The van der Waals surface area contributed by atoms with Crippen LogP contribution in [0.25, 0.3) is 6.08 Å². The number of hydrogen-bond donors (Lipinski definition) is 1. The van der Waals surface area contributed by atoms with Crippen LogP contribution in [0.5, 0.6) is 5.75 Å². The maximum absolute atomic E-state index is 14.4. The number of rotatable bonds is 8. The van der Waals surface area contributed by atoms with E-state index in [1.54, 1.807) is 60.7 Å². The van der Waals surface area contributed by atoms with E-state index in [1.807, 2.05) is 30.3 Å². The van der Waals surface area contributed by atoms with E-state index in [1.165, 1.54) is 11.0 Å². The second kappa shape index (κ2) is 13.3. The molecule has 0 aliphatic carbocycles. The number of nitrogens with one attached hydrogen (secondary N) is 1. The maximum Gasteiger partial charge on any atom is 0.294 e. The highest BCUT2D eigenvalue weighted by Gasteiger charge is 2.30. The number of carbonyl (C=O) groups excluding carboxylic acids is 2. The highest BCUT2D eigenvalue weighted by Crippen LogP contribution is 2.36. The molecule has 2 amide bonds. The van der Waals surface area contributed by atoms with Crippen molar-refractivity contribution in [3.8, 4) is 5.75 Å². The number of ether oxygens (including phenoxy) is 1. The lowest BCUT2D eigenvalue weighted by atomic mass is 10.1. The van der Waals surface area contributed by atoms with Crippen molar-refractivity contribution in [3.05, 3.63) is 130 Å². The summed E-state index contributed by atoms with van der Waals surface area (Å²) < 4.78 is 20.4. The Morgan fingerprint density at radius 2 is 1.66 bits per heavy atom. The average molecular weight is 611 g/mol. The maximum atomic E-state index is 14.4. The van der Waals surface area contributed by atoms with E-state index >= 15 is 0 Å². The van der Waals surface area contributed by atoms with Crippen LogP contribution >= 0.6 is 11.6 Å². The second-order valence-corrected chi connectivity index (χ2v) is 11.2. The number of fused-ring (bicyclic) bond motifs is 1. The molecule has 7 nitrogen and oxygen atoms in total. The fourth-order valence-corrected chi connectivity index (χ4v) is 5.61. The summed E-state index contributed by atoms with van der Waals surface area (Å²) in [4.78, 5) is 32.5. The standard InChI is InChI=1S/C35H32ClFN4O3/c36-28-7-5-8-29(23-28)40-20-18-39(19-21-40)17-16-38-34(42)26-14-12-25(13-15-26)22-33-35(43)41(24-27-6-1-2-9-30(27)37)31-10-3-4-11-32(31)44-33/h1-15,22-23H,16-21,24H2,(H,38,42)/b33-22-. The van der Waals surface area contributed by atoms with E-state index in [-0.39, 0.29) is 29.9 Å². The predicted molar refractivity (Wildman–Crippen MR) is 172 cm³/mol. The molecule has 0 atom stereocenters. The number of carbonyl (C=O) groups is 2. The molecule has 2 aliphatic rings. The van der Waals surface area contributed by atoms with Crippen LogP contribution in [0, 0.1) is 5.82 Å². The van der Waals surface area contributed by atoms with Crippen LogP contribution in [0.15, 0.2) is 103 Å². The molecule has 1 N–H and O–H groups in total. The zero-order valence-corrected chi connectivity index (χ0v) is 24.8. The fourth-order valence-electron chi connectivity index (χ4n) is 5.43. The van der Waals surface area contributed by atoms with Crippen molar-refractivity contribution in [2.45, 2.75) is 6.54 Å². The van der Waals surface area contributed by atoms with Crippen molar-refractivity contribution in [2.24, 2.45) is 0 Å². The summed E-state index contributed by atoms with van der Waals surface area (Å²) in [6, 6.07) is 28.5. The predicted octanol–water partition coefficient (Wildman–Crippen LogP) is 6.00. The summed E-state index contributed by atoms with van der Waals surface area (Å²) in [5.74, 6) is -0.275. The van der Waals surface area contributed by atoms with Crippen molar-refractivity contribution in [3.63, 3.8) is 0 Å². The van der Waals surface area contributed by atoms with E-state index in [9.17, 15) is 14.0 Å². The van der Waals surface area contributed by atoms with Crippen LogP contribution in [0.3, 0.4) is 0 Å². The summed E-state index contributed by atoms with van der Waals surface area (Å²) in [5.41, 5.74) is 3.35. The smallest absolute Gasteiger partial charge is 0.294 e. The SMILES string of the molecule is O=C(NCCN1CCN(c2cccc(Cl)c2)CC1)c1ccc(/C=C2\Oc3ccccc3N(Cc3ccccc3F)C2=O)cc1. The van der Waals surface area contributed by atoms with Gasteiger partial charge < -0.3 is 15.0 Å². The van der Waals surface area contributed by atoms with Crippen LogP contribution in [-0.2, 0) is 11.3 Å². The topological polar surface area (TPSA) is 65.1 Å². The minimum absolute atomic E-state index is 0.0694. The third-order valence-electron chi connectivity index (χ3n) is 7.85. The lowest BCUT2D eigenvalue weighted by Crippen LogP contribution is -2.48. The number of halogens is 2. The van der Waals surface area contributed by atoms with Crippen molar-refractivity contribution >= 4 is 40.9 Å². The van der Waals surface area contributed by atoms with E-state index in [0.29, 0.717) is 34.7 Å². The fraction of sp³-hybridized carbons (Fsp3) is 0.200. The summed E-state index contributed by atoms with van der Waals surface area (Å²) in [5, 5.41) is 3.74. The van der Waals surface area contributed by atoms with Gasteiger partial charge in [-0.05, 0) is 60.2 Å². The minimum atomic E-state index is -0.375.